The van der Waals surface area contributed by atoms with E-state index in [1.807, 2.05) is 26.8 Å². The van der Waals surface area contributed by atoms with Gasteiger partial charge in [0.1, 0.15) is 5.60 Å². The lowest BCUT2D eigenvalue weighted by molar-refractivity contribution is 0.0636. The Morgan fingerprint density at radius 1 is 1.33 bits per heavy atom. The number of rotatable bonds is 2. The summed E-state index contributed by atoms with van der Waals surface area (Å²) in [7, 11) is 0. The molecule has 6 heteroatoms. The molecule has 0 aromatic carbocycles. The van der Waals surface area contributed by atoms with E-state index in [1.54, 1.807) is 12.4 Å². The lowest BCUT2D eigenvalue weighted by Gasteiger charge is -2.41. The van der Waals surface area contributed by atoms with E-state index in [9.17, 15) is 4.79 Å². The molecule has 1 aromatic heterocycles. The topological polar surface area (TPSA) is 80.5 Å². The Kier molecular flexibility index (Phi) is 6.60. The molecule has 6 nitrogen and oxygen atoms in total. The van der Waals surface area contributed by atoms with Crippen LogP contribution in [0.25, 0.3) is 0 Å². The average molecular weight is 336 g/mol. The molecule has 136 valence electrons. The van der Waals surface area contributed by atoms with Crippen LogP contribution < -0.4 is 16.0 Å². The van der Waals surface area contributed by atoms with Gasteiger partial charge in [0.25, 0.3) is 0 Å². The summed E-state index contributed by atoms with van der Waals surface area (Å²) in [5.41, 5.74) is 7.31. The van der Waals surface area contributed by atoms with Gasteiger partial charge in [0.2, 0.25) is 0 Å². The predicted octanol–water partition coefficient (Wildman–Crippen LogP) is 3.48. The molecular formula is C18H32N4O2. The highest BCUT2D eigenvalue weighted by Gasteiger charge is 2.30. The second-order valence-corrected chi connectivity index (χ2v) is 7.46. The number of anilines is 2. The van der Waals surface area contributed by atoms with Gasteiger partial charge in [0.05, 0.1) is 17.6 Å². The van der Waals surface area contributed by atoms with Crippen molar-refractivity contribution in [3.05, 3.63) is 18.5 Å². The number of ether oxygens (including phenoxy) is 1. The fraction of sp³-hybridized carbons (Fsp3) is 0.667. The minimum Gasteiger partial charge on any atom is -0.444 e. The Morgan fingerprint density at radius 2 is 1.92 bits per heavy atom. The second-order valence-electron chi connectivity index (χ2n) is 7.46. The van der Waals surface area contributed by atoms with Crippen molar-refractivity contribution in [2.24, 2.45) is 17.6 Å². The molecule has 1 aliphatic rings. The van der Waals surface area contributed by atoms with Gasteiger partial charge in [-0.1, -0.05) is 21.3 Å². The van der Waals surface area contributed by atoms with E-state index in [0.717, 1.165) is 18.8 Å². The smallest absolute Gasteiger partial charge is 0.412 e. The summed E-state index contributed by atoms with van der Waals surface area (Å²) >= 11 is 0. The highest BCUT2D eigenvalue weighted by molar-refractivity contribution is 5.89. The number of hydrogen-bond acceptors (Lipinski definition) is 5. The highest BCUT2D eigenvalue weighted by Crippen LogP contribution is 2.31. The first-order valence-electron chi connectivity index (χ1n) is 8.12. The van der Waals surface area contributed by atoms with Gasteiger partial charge in [-0.25, -0.2) is 4.79 Å². The zero-order valence-corrected chi connectivity index (χ0v) is 14.7. The summed E-state index contributed by atoms with van der Waals surface area (Å²) in [6, 6.07) is 2.12. The number of aromatic nitrogens is 1. The summed E-state index contributed by atoms with van der Waals surface area (Å²) in [6.07, 6.45) is 2.92. The number of nitrogens with two attached hydrogens (primary N) is 1. The largest absolute Gasteiger partial charge is 0.444 e. The van der Waals surface area contributed by atoms with E-state index < -0.39 is 11.7 Å². The minimum atomic E-state index is -0.534. The van der Waals surface area contributed by atoms with Crippen LogP contribution in [-0.2, 0) is 4.74 Å². The number of nitrogens with one attached hydrogen (secondary N) is 1. The Morgan fingerprint density at radius 3 is 2.46 bits per heavy atom. The summed E-state index contributed by atoms with van der Waals surface area (Å²) in [5.74, 6) is 0.780. The number of carbonyl (C=O) groups excluding carboxylic acids is 1. The molecule has 3 N–H and O–H groups in total. The third-order valence-electron chi connectivity index (χ3n) is 4.11. The van der Waals surface area contributed by atoms with Crippen LogP contribution in [0.3, 0.4) is 0 Å². The van der Waals surface area contributed by atoms with Crippen LogP contribution in [0.15, 0.2) is 18.5 Å². The van der Waals surface area contributed by atoms with Crippen molar-refractivity contribution in [1.29, 1.82) is 0 Å². The summed E-state index contributed by atoms with van der Waals surface area (Å²) in [5, 5.41) is 2.81. The molecule has 2 heterocycles. The molecule has 1 unspecified atom stereocenters. The molecule has 1 fully saturated rings. The van der Waals surface area contributed by atoms with Crippen molar-refractivity contribution in [2.75, 3.05) is 23.3 Å². The first kappa shape index (κ1) is 20.2. The SMILES string of the molecule is C.C[C@@H]1CN(c2ccncc2NC(=O)OC(C)(C)C)C[C@H](C)C1N. The molecule has 1 amide bonds. The van der Waals surface area contributed by atoms with Crippen molar-refractivity contribution < 1.29 is 9.53 Å². The summed E-state index contributed by atoms with van der Waals surface area (Å²) < 4.78 is 5.33. The van der Waals surface area contributed by atoms with Gasteiger partial charge in [0.15, 0.2) is 0 Å². The summed E-state index contributed by atoms with van der Waals surface area (Å²) in [6.45, 7) is 11.6. The molecule has 1 aliphatic heterocycles. The molecule has 1 aromatic rings. The van der Waals surface area contributed by atoms with E-state index in [2.05, 4.69) is 29.0 Å². The van der Waals surface area contributed by atoms with Gasteiger partial charge in [-0.3, -0.25) is 10.3 Å². The zero-order valence-electron chi connectivity index (χ0n) is 14.7. The van der Waals surface area contributed by atoms with Crippen LogP contribution in [-0.4, -0.2) is 35.8 Å². The van der Waals surface area contributed by atoms with E-state index in [0.29, 0.717) is 17.5 Å². The van der Waals surface area contributed by atoms with Crippen molar-refractivity contribution in [3.8, 4) is 0 Å². The van der Waals surface area contributed by atoms with E-state index in [-0.39, 0.29) is 13.5 Å². The predicted molar refractivity (Wildman–Crippen MR) is 99.3 cm³/mol. The average Bonchev–Trinajstić information content (AvgIpc) is 2.42. The summed E-state index contributed by atoms with van der Waals surface area (Å²) in [4.78, 5) is 18.4. The molecular weight excluding hydrogens is 304 g/mol. The Hall–Kier alpha value is -1.82. The molecule has 0 radical (unpaired) electrons. The van der Waals surface area contributed by atoms with Crippen molar-refractivity contribution in [2.45, 2.75) is 53.7 Å². The number of piperidine rings is 1. The maximum atomic E-state index is 12.0. The monoisotopic (exact) mass is 336 g/mol. The van der Waals surface area contributed by atoms with E-state index in [4.69, 9.17) is 10.5 Å². The second kappa shape index (κ2) is 7.83. The number of pyridine rings is 1. The molecule has 24 heavy (non-hydrogen) atoms. The zero-order chi connectivity index (χ0) is 17.2. The van der Waals surface area contributed by atoms with Gasteiger partial charge in [-0.2, -0.15) is 0 Å². The van der Waals surface area contributed by atoms with Crippen molar-refractivity contribution in [1.82, 2.24) is 4.98 Å². The standard InChI is InChI=1S/C17H28N4O2.CH4/c1-11-9-21(10-12(2)15(11)18)14-6-7-19-8-13(14)20-16(22)23-17(3,4)5;/h6-8,11-12,15H,9-10,18H2,1-5H3,(H,20,22);1H4/t11-,12+,15?;. The van der Waals surface area contributed by atoms with Crippen LogP contribution in [0.4, 0.5) is 16.2 Å². The molecule has 1 saturated heterocycles. The molecule has 0 saturated carbocycles. The van der Waals surface area contributed by atoms with Crippen LogP contribution in [0.2, 0.25) is 0 Å². The van der Waals surface area contributed by atoms with Crippen LogP contribution in [0, 0.1) is 11.8 Å². The molecule has 0 spiro atoms. The molecule has 3 atom stereocenters. The van der Waals surface area contributed by atoms with E-state index >= 15 is 0 Å². The van der Waals surface area contributed by atoms with Gasteiger partial charge >= 0.3 is 6.09 Å². The number of nitrogens with zero attached hydrogens (tertiary/aromatic N) is 2. The quantitative estimate of drug-likeness (QED) is 0.864. The van der Waals surface area contributed by atoms with Gasteiger partial charge in [-0.15, -0.1) is 0 Å². The van der Waals surface area contributed by atoms with Gasteiger partial charge in [-0.05, 0) is 38.7 Å². The Balaban J connectivity index is 0.00000288. The molecule has 0 aliphatic carbocycles. The third kappa shape index (κ3) is 5.09. The first-order chi connectivity index (χ1) is 10.7. The number of hydrogen-bond donors (Lipinski definition) is 2. The highest BCUT2D eigenvalue weighted by atomic mass is 16.6. The maximum Gasteiger partial charge on any atom is 0.412 e. The molecule has 2 rings (SSSR count). The van der Waals surface area contributed by atoms with Crippen LogP contribution in [0.1, 0.15) is 42.0 Å². The third-order valence-corrected chi connectivity index (χ3v) is 4.11. The maximum absolute atomic E-state index is 12.0. The minimum absolute atomic E-state index is 0. The lowest BCUT2D eigenvalue weighted by Crippen LogP contribution is -2.51. The fourth-order valence-electron chi connectivity index (χ4n) is 2.94. The van der Waals surface area contributed by atoms with Gasteiger partial charge in [0, 0.05) is 25.3 Å². The lowest BCUT2D eigenvalue weighted by atomic mass is 9.86. The van der Waals surface area contributed by atoms with Crippen molar-refractivity contribution >= 4 is 17.5 Å². The van der Waals surface area contributed by atoms with E-state index in [1.165, 1.54) is 0 Å². The fourth-order valence-corrected chi connectivity index (χ4v) is 2.94. The van der Waals surface area contributed by atoms with Gasteiger partial charge < -0.3 is 15.4 Å². The van der Waals surface area contributed by atoms with Crippen LogP contribution >= 0.6 is 0 Å². The number of carbonyl (C=O) groups is 1. The van der Waals surface area contributed by atoms with Crippen molar-refractivity contribution in [3.63, 3.8) is 0 Å². The first-order valence-corrected chi connectivity index (χ1v) is 8.12. The number of amides is 1. The molecule has 0 bridgehead atoms. The van der Waals surface area contributed by atoms with Crippen LogP contribution in [0.5, 0.6) is 0 Å². The Bertz CT molecular complexity index is 544. The Labute approximate surface area is 145 Å². The normalized spacial score (nSPS) is 24.1.